The van der Waals surface area contributed by atoms with E-state index >= 15 is 0 Å². The van der Waals surface area contributed by atoms with Crippen LogP contribution in [0.15, 0.2) is 24.3 Å². The Kier molecular flexibility index (Phi) is 41.9. The summed E-state index contributed by atoms with van der Waals surface area (Å²) in [6.45, 7) is 6.57. The molecule has 1 atom stereocenters. The molecule has 0 amide bonds. The summed E-state index contributed by atoms with van der Waals surface area (Å²) in [5.74, 6) is -0.879. The molecule has 0 aromatic rings. The molecule has 0 aromatic heterocycles. The molecule has 6 nitrogen and oxygen atoms in total. The van der Waals surface area contributed by atoms with Crippen molar-refractivity contribution in [2.24, 2.45) is 0 Å². The average molecular weight is 761 g/mol. The molecule has 316 valence electrons. The predicted molar refractivity (Wildman–Crippen MR) is 229 cm³/mol. The van der Waals surface area contributed by atoms with Crippen LogP contribution in [0.25, 0.3) is 0 Å². The third-order valence-corrected chi connectivity index (χ3v) is 10.2. The normalized spacial score (nSPS) is 12.1. The van der Waals surface area contributed by atoms with Gasteiger partial charge in [-0.3, -0.25) is 14.4 Å². The number of ether oxygens (including phenoxy) is 3. The average Bonchev–Trinajstić information content (AvgIpc) is 3.17. The molecule has 0 aliphatic carbocycles. The highest BCUT2D eigenvalue weighted by atomic mass is 16.6. The van der Waals surface area contributed by atoms with Crippen LogP contribution in [-0.4, -0.2) is 37.2 Å². The van der Waals surface area contributed by atoms with Crippen molar-refractivity contribution in [2.45, 2.75) is 252 Å². The lowest BCUT2D eigenvalue weighted by molar-refractivity contribution is -0.167. The Morgan fingerprint density at radius 2 is 0.667 bits per heavy atom. The van der Waals surface area contributed by atoms with Crippen molar-refractivity contribution in [2.75, 3.05) is 13.2 Å². The fourth-order valence-electron chi connectivity index (χ4n) is 6.65. The zero-order chi connectivity index (χ0) is 39.4. The summed E-state index contributed by atoms with van der Waals surface area (Å²) in [4.78, 5) is 37.6. The van der Waals surface area contributed by atoms with E-state index in [1.54, 1.807) is 0 Å². The van der Waals surface area contributed by atoms with Crippen molar-refractivity contribution in [1.29, 1.82) is 0 Å². The van der Waals surface area contributed by atoms with Crippen molar-refractivity contribution in [3.05, 3.63) is 24.3 Å². The standard InChI is InChI=1S/C48H88O6/c1-4-7-10-13-16-18-20-22-23-24-25-26-28-29-32-35-38-41-47(50)53-44-45(43-52-46(49)40-37-34-31-15-12-9-6-3)54-48(51)42-39-36-33-30-27-21-19-17-14-11-8-5-2/h16,18,22-23,45H,4-15,17,19-21,24-44H2,1-3H3/b18-16-,23-22-. The van der Waals surface area contributed by atoms with Crippen LogP contribution >= 0.6 is 0 Å². The van der Waals surface area contributed by atoms with Gasteiger partial charge in [0.2, 0.25) is 0 Å². The highest BCUT2D eigenvalue weighted by molar-refractivity contribution is 5.71. The second kappa shape index (κ2) is 43.6. The first kappa shape index (κ1) is 51.9. The maximum atomic E-state index is 12.7. The fourth-order valence-corrected chi connectivity index (χ4v) is 6.65. The summed E-state index contributed by atoms with van der Waals surface area (Å²) in [5.41, 5.74) is 0. The second-order valence-electron chi connectivity index (χ2n) is 15.7. The molecule has 0 fully saturated rings. The topological polar surface area (TPSA) is 78.9 Å². The quantitative estimate of drug-likeness (QED) is 0.0267. The molecule has 0 N–H and O–H groups in total. The van der Waals surface area contributed by atoms with Crippen LogP contribution in [0, 0.1) is 0 Å². The van der Waals surface area contributed by atoms with Gasteiger partial charge in [0.15, 0.2) is 6.10 Å². The van der Waals surface area contributed by atoms with Gasteiger partial charge in [0, 0.05) is 19.3 Å². The van der Waals surface area contributed by atoms with Gasteiger partial charge in [0.1, 0.15) is 13.2 Å². The van der Waals surface area contributed by atoms with Crippen LogP contribution in [0.3, 0.4) is 0 Å². The van der Waals surface area contributed by atoms with E-state index in [0.717, 1.165) is 70.6 Å². The molecular weight excluding hydrogens is 673 g/mol. The minimum atomic E-state index is -0.765. The van der Waals surface area contributed by atoms with E-state index in [0.29, 0.717) is 19.3 Å². The fraction of sp³-hybridized carbons (Fsp3) is 0.854. The van der Waals surface area contributed by atoms with E-state index < -0.39 is 6.10 Å². The van der Waals surface area contributed by atoms with Crippen LogP contribution in [0.2, 0.25) is 0 Å². The largest absolute Gasteiger partial charge is 0.462 e. The van der Waals surface area contributed by atoms with Gasteiger partial charge in [-0.15, -0.1) is 0 Å². The molecule has 54 heavy (non-hydrogen) atoms. The van der Waals surface area contributed by atoms with E-state index in [9.17, 15) is 14.4 Å². The molecule has 1 unspecified atom stereocenters. The van der Waals surface area contributed by atoms with Crippen molar-refractivity contribution in [3.63, 3.8) is 0 Å². The van der Waals surface area contributed by atoms with Crippen LogP contribution in [-0.2, 0) is 28.6 Å². The lowest BCUT2D eigenvalue weighted by Crippen LogP contribution is -2.30. The summed E-state index contributed by atoms with van der Waals surface area (Å²) in [5, 5.41) is 0. The highest BCUT2D eigenvalue weighted by Crippen LogP contribution is 2.15. The number of unbranched alkanes of at least 4 members (excludes halogenated alkanes) is 27. The highest BCUT2D eigenvalue weighted by Gasteiger charge is 2.19. The molecule has 0 aliphatic rings. The Bertz CT molecular complexity index is 880. The molecule has 0 bridgehead atoms. The second-order valence-corrected chi connectivity index (χ2v) is 15.7. The smallest absolute Gasteiger partial charge is 0.306 e. The molecular formula is C48H88O6. The lowest BCUT2D eigenvalue weighted by atomic mass is 10.0. The summed E-state index contributed by atoms with van der Waals surface area (Å²) in [6, 6.07) is 0. The summed E-state index contributed by atoms with van der Waals surface area (Å²) < 4.78 is 16.7. The van der Waals surface area contributed by atoms with Gasteiger partial charge in [0.05, 0.1) is 0 Å². The molecule has 0 spiro atoms. The van der Waals surface area contributed by atoms with Gasteiger partial charge in [-0.2, -0.15) is 0 Å². The Morgan fingerprint density at radius 1 is 0.370 bits per heavy atom. The van der Waals surface area contributed by atoms with E-state index in [2.05, 4.69) is 45.1 Å². The minimum absolute atomic E-state index is 0.0707. The Hall–Kier alpha value is -2.11. The van der Waals surface area contributed by atoms with Crippen molar-refractivity contribution < 1.29 is 28.6 Å². The maximum absolute atomic E-state index is 12.7. The van der Waals surface area contributed by atoms with Gasteiger partial charge in [-0.1, -0.05) is 199 Å². The van der Waals surface area contributed by atoms with E-state index in [-0.39, 0.29) is 31.1 Å². The van der Waals surface area contributed by atoms with Crippen molar-refractivity contribution >= 4 is 17.9 Å². The van der Waals surface area contributed by atoms with Gasteiger partial charge in [0.25, 0.3) is 0 Å². The van der Waals surface area contributed by atoms with Crippen LogP contribution < -0.4 is 0 Å². The maximum Gasteiger partial charge on any atom is 0.306 e. The third-order valence-electron chi connectivity index (χ3n) is 10.2. The molecule has 6 heteroatoms. The first-order valence-electron chi connectivity index (χ1n) is 23.3. The number of carbonyl (C=O) groups is 3. The van der Waals surface area contributed by atoms with Gasteiger partial charge in [-0.05, 0) is 51.4 Å². The molecule has 0 heterocycles. The number of allylic oxidation sites excluding steroid dienone is 4. The summed E-state index contributed by atoms with van der Waals surface area (Å²) in [7, 11) is 0. The van der Waals surface area contributed by atoms with E-state index in [1.165, 1.54) is 135 Å². The first-order chi connectivity index (χ1) is 26.5. The number of esters is 3. The van der Waals surface area contributed by atoms with Crippen LogP contribution in [0.1, 0.15) is 245 Å². The van der Waals surface area contributed by atoms with Crippen molar-refractivity contribution in [3.8, 4) is 0 Å². The number of hydrogen-bond acceptors (Lipinski definition) is 6. The van der Waals surface area contributed by atoms with Gasteiger partial charge >= 0.3 is 17.9 Å². The Morgan fingerprint density at radius 3 is 1.06 bits per heavy atom. The summed E-state index contributed by atoms with van der Waals surface area (Å²) in [6.07, 6.45) is 47.4. The van der Waals surface area contributed by atoms with Gasteiger partial charge in [-0.25, -0.2) is 0 Å². The number of carbonyl (C=O) groups excluding carboxylic acids is 3. The monoisotopic (exact) mass is 761 g/mol. The number of rotatable bonds is 42. The van der Waals surface area contributed by atoms with Crippen LogP contribution in [0.4, 0.5) is 0 Å². The molecule has 0 aliphatic heterocycles. The van der Waals surface area contributed by atoms with E-state index in [1.807, 2.05) is 0 Å². The van der Waals surface area contributed by atoms with Crippen molar-refractivity contribution in [1.82, 2.24) is 0 Å². The molecule has 0 saturated heterocycles. The predicted octanol–water partition coefficient (Wildman–Crippen LogP) is 14.8. The zero-order valence-corrected chi connectivity index (χ0v) is 36.0. The summed E-state index contributed by atoms with van der Waals surface area (Å²) >= 11 is 0. The SMILES string of the molecule is CCCCC/C=C\C/C=C\CCCCCCCCCC(=O)OCC(COC(=O)CCCCCCCCC)OC(=O)CCCCCCCCCCCCCC. The molecule has 0 rings (SSSR count). The van der Waals surface area contributed by atoms with Gasteiger partial charge < -0.3 is 14.2 Å². The van der Waals surface area contributed by atoms with E-state index in [4.69, 9.17) is 14.2 Å². The Labute approximate surface area is 334 Å². The zero-order valence-electron chi connectivity index (χ0n) is 36.0. The molecule has 0 radical (unpaired) electrons. The van der Waals surface area contributed by atoms with Crippen LogP contribution in [0.5, 0.6) is 0 Å². The molecule has 0 saturated carbocycles. The third kappa shape index (κ3) is 41.1. The molecule has 0 aromatic carbocycles. The first-order valence-corrected chi connectivity index (χ1v) is 23.3. The minimum Gasteiger partial charge on any atom is -0.462 e. The Balaban J connectivity index is 4.26. The number of hydrogen-bond donors (Lipinski definition) is 0. The lowest BCUT2D eigenvalue weighted by Gasteiger charge is -2.18.